The highest BCUT2D eigenvalue weighted by Gasteiger charge is 2.07. The van der Waals surface area contributed by atoms with Crippen molar-refractivity contribution in [2.45, 2.75) is 6.42 Å². The van der Waals surface area contributed by atoms with Gasteiger partial charge in [-0.3, -0.25) is 9.00 Å². The van der Waals surface area contributed by atoms with Gasteiger partial charge in [0.25, 0.3) is 0 Å². The van der Waals surface area contributed by atoms with Gasteiger partial charge in [-0.05, 0) is 37.2 Å². The molecular weight excluding hydrogens is 260 g/mol. The summed E-state index contributed by atoms with van der Waals surface area (Å²) in [4.78, 5) is 11.5. The fourth-order valence-electron chi connectivity index (χ4n) is 1.19. The standard InChI is InChI=1S/C11H15ClN2O2S/c12-9-2-4-10(5-3-9)14-11(15)8-17(16)7-1-6-13/h2-5H,1,6-8,13H2,(H,14,15). The molecule has 0 aliphatic heterocycles. The van der Waals surface area contributed by atoms with Crippen molar-refractivity contribution in [3.05, 3.63) is 29.3 Å². The maximum Gasteiger partial charge on any atom is 0.236 e. The number of carbonyl (C=O) groups is 1. The average Bonchev–Trinajstić information content (AvgIpc) is 2.29. The van der Waals surface area contributed by atoms with Crippen molar-refractivity contribution in [2.24, 2.45) is 5.73 Å². The van der Waals surface area contributed by atoms with Crippen molar-refractivity contribution >= 4 is 34.0 Å². The number of rotatable bonds is 6. The molecule has 6 heteroatoms. The third-order valence-electron chi connectivity index (χ3n) is 2.00. The van der Waals surface area contributed by atoms with Gasteiger partial charge in [-0.1, -0.05) is 11.6 Å². The van der Waals surface area contributed by atoms with Gasteiger partial charge in [-0.15, -0.1) is 0 Å². The number of nitrogens with one attached hydrogen (secondary N) is 1. The van der Waals surface area contributed by atoms with Crippen molar-refractivity contribution in [3.63, 3.8) is 0 Å². The first kappa shape index (κ1) is 14.2. The molecule has 1 aromatic carbocycles. The van der Waals surface area contributed by atoms with E-state index in [1.807, 2.05) is 0 Å². The first-order chi connectivity index (χ1) is 8.11. The molecule has 0 fully saturated rings. The maximum atomic E-state index is 11.5. The number of carbonyl (C=O) groups excluding carboxylic acids is 1. The minimum atomic E-state index is -1.15. The Hall–Kier alpha value is -0.910. The van der Waals surface area contributed by atoms with E-state index in [1.165, 1.54) is 0 Å². The molecule has 0 heterocycles. The lowest BCUT2D eigenvalue weighted by Crippen LogP contribution is -2.21. The summed E-state index contributed by atoms with van der Waals surface area (Å²) in [6.07, 6.45) is 0.667. The van der Waals surface area contributed by atoms with E-state index in [4.69, 9.17) is 17.3 Å². The molecule has 1 unspecified atom stereocenters. The van der Waals surface area contributed by atoms with Crippen LogP contribution in [0.4, 0.5) is 5.69 Å². The predicted molar refractivity (Wildman–Crippen MR) is 71.6 cm³/mol. The molecule has 4 nitrogen and oxygen atoms in total. The zero-order valence-corrected chi connectivity index (χ0v) is 10.9. The molecule has 0 aliphatic rings. The summed E-state index contributed by atoms with van der Waals surface area (Å²) in [6, 6.07) is 6.76. The molecule has 1 atom stereocenters. The van der Waals surface area contributed by atoms with Crippen LogP contribution in [0, 0.1) is 0 Å². The van der Waals surface area contributed by atoms with Gasteiger partial charge in [0, 0.05) is 27.3 Å². The Kier molecular flexibility index (Phi) is 6.18. The van der Waals surface area contributed by atoms with Crippen LogP contribution < -0.4 is 11.1 Å². The van der Waals surface area contributed by atoms with Gasteiger partial charge in [0.05, 0.1) is 0 Å². The monoisotopic (exact) mass is 274 g/mol. The first-order valence-corrected chi connectivity index (χ1v) is 7.09. The average molecular weight is 275 g/mol. The molecule has 0 saturated carbocycles. The van der Waals surface area contributed by atoms with Crippen molar-refractivity contribution in [3.8, 4) is 0 Å². The minimum absolute atomic E-state index is 0.00261. The first-order valence-electron chi connectivity index (χ1n) is 5.22. The van der Waals surface area contributed by atoms with Crippen LogP contribution in [0.3, 0.4) is 0 Å². The summed E-state index contributed by atoms with van der Waals surface area (Å²) in [6.45, 7) is 0.491. The van der Waals surface area contributed by atoms with E-state index in [0.29, 0.717) is 29.4 Å². The lowest BCUT2D eigenvalue weighted by molar-refractivity contribution is -0.113. The van der Waals surface area contributed by atoms with Crippen molar-refractivity contribution in [2.75, 3.05) is 23.4 Å². The summed E-state index contributed by atoms with van der Waals surface area (Å²) in [5.74, 6) is 0.204. The highest BCUT2D eigenvalue weighted by molar-refractivity contribution is 7.85. The molecule has 0 bridgehead atoms. The van der Waals surface area contributed by atoms with E-state index in [-0.39, 0.29) is 11.7 Å². The number of amides is 1. The van der Waals surface area contributed by atoms with Gasteiger partial charge >= 0.3 is 0 Å². The van der Waals surface area contributed by atoms with Crippen molar-refractivity contribution < 1.29 is 9.00 Å². The molecular formula is C11H15ClN2O2S. The molecule has 0 spiro atoms. The summed E-state index contributed by atoms with van der Waals surface area (Å²) in [5.41, 5.74) is 5.95. The van der Waals surface area contributed by atoms with E-state index < -0.39 is 10.8 Å². The molecule has 0 aromatic heterocycles. The number of benzene rings is 1. The fourth-order valence-corrected chi connectivity index (χ4v) is 2.32. The quantitative estimate of drug-likeness (QED) is 0.823. The highest BCUT2D eigenvalue weighted by Crippen LogP contribution is 2.13. The second kappa shape index (κ2) is 7.42. The molecule has 0 radical (unpaired) electrons. The van der Waals surface area contributed by atoms with Gasteiger partial charge in [-0.25, -0.2) is 0 Å². The number of nitrogens with two attached hydrogens (primary N) is 1. The van der Waals surface area contributed by atoms with E-state index in [9.17, 15) is 9.00 Å². The third kappa shape index (κ3) is 5.81. The Morgan fingerprint density at radius 1 is 1.35 bits per heavy atom. The van der Waals surface area contributed by atoms with Crippen molar-refractivity contribution in [1.82, 2.24) is 0 Å². The van der Waals surface area contributed by atoms with E-state index >= 15 is 0 Å². The number of hydrogen-bond acceptors (Lipinski definition) is 3. The maximum absolute atomic E-state index is 11.5. The van der Waals surface area contributed by atoms with Crippen LogP contribution in [0.15, 0.2) is 24.3 Å². The number of anilines is 1. The van der Waals surface area contributed by atoms with Crippen molar-refractivity contribution in [1.29, 1.82) is 0 Å². The van der Waals surface area contributed by atoms with E-state index in [2.05, 4.69) is 5.32 Å². The van der Waals surface area contributed by atoms with Crippen LogP contribution in [-0.2, 0) is 15.6 Å². The molecule has 94 valence electrons. The second-order valence-corrected chi connectivity index (χ2v) is 5.50. The highest BCUT2D eigenvalue weighted by atomic mass is 35.5. The molecule has 1 aromatic rings. The Balaban J connectivity index is 2.39. The molecule has 17 heavy (non-hydrogen) atoms. The minimum Gasteiger partial charge on any atom is -0.330 e. The lowest BCUT2D eigenvalue weighted by Gasteiger charge is -2.05. The zero-order valence-electron chi connectivity index (χ0n) is 9.32. The molecule has 0 aliphatic carbocycles. The Morgan fingerprint density at radius 2 is 2.00 bits per heavy atom. The third-order valence-corrected chi connectivity index (χ3v) is 3.58. The van der Waals surface area contributed by atoms with Gasteiger partial charge in [-0.2, -0.15) is 0 Å². The zero-order chi connectivity index (χ0) is 12.7. The fraction of sp³-hybridized carbons (Fsp3) is 0.364. The van der Waals surface area contributed by atoms with E-state index in [1.54, 1.807) is 24.3 Å². The van der Waals surface area contributed by atoms with Gasteiger partial charge in [0.1, 0.15) is 5.75 Å². The molecule has 1 amide bonds. The molecule has 3 N–H and O–H groups in total. The lowest BCUT2D eigenvalue weighted by atomic mass is 10.3. The predicted octanol–water partition coefficient (Wildman–Crippen LogP) is 1.38. The van der Waals surface area contributed by atoms with Crippen LogP contribution in [0.25, 0.3) is 0 Å². The Bertz CT molecular complexity index is 395. The number of halogens is 1. The van der Waals surface area contributed by atoms with Gasteiger partial charge in [0.15, 0.2) is 0 Å². The summed E-state index contributed by atoms with van der Waals surface area (Å²) >= 11 is 5.72. The van der Waals surface area contributed by atoms with Crippen LogP contribution in [0.2, 0.25) is 5.02 Å². The normalized spacial score (nSPS) is 12.1. The summed E-state index contributed by atoms with van der Waals surface area (Å²) in [5, 5.41) is 3.26. The Labute approximate surface area is 108 Å². The van der Waals surface area contributed by atoms with Crippen LogP contribution >= 0.6 is 11.6 Å². The largest absolute Gasteiger partial charge is 0.330 e. The molecule has 0 saturated heterocycles. The van der Waals surface area contributed by atoms with Crippen LogP contribution in [0.1, 0.15) is 6.42 Å². The van der Waals surface area contributed by atoms with Gasteiger partial charge < -0.3 is 11.1 Å². The SMILES string of the molecule is NCCCS(=O)CC(=O)Nc1ccc(Cl)cc1. The number of hydrogen-bond donors (Lipinski definition) is 2. The molecule has 1 rings (SSSR count). The smallest absolute Gasteiger partial charge is 0.236 e. The topological polar surface area (TPSA) is 72.2 Å². The second-order valence-electron chi connectivity index (χ2n) is 3.49. The van der Waals surface area contributed by atoms with Crippen LogP contribution in [0.5, 0.6) is 0 Å². The van der Waals surface area contributed by atoms with Crippen LogP contribution in [-0.4, -0.2) is 28.2 Å². The van der Waals surface area contributed by atoms with Gasteiger partial charge in [0.2, 0.25) is 5.91 Å². The Morgan fingerprint density at radius 3 is 2.59 bits per heavy atom. The van der Waals surface area contributed by atoms with E-state index in [0.717, 1.165) is 0 Å². The summed E-state index contributed by atoms with van der Waals surface area (Å²) in [7, 11) is -1.15. The summed E-state index contributed by atoms with van der Waals surface area (Å²) < 4.78 is 11.4.